The van der Waals surface area contributed by atoms with Gasteiger partial charge >= 0.3 is 0 Å². The van der Waals surface area contributed by atoms with Crippen molar-refractivity contribution in [3.8, 4) is 0 Å². The Balaban J connectivity index is 2.39. The van der Waals surface area contributed by atoms with Gasteiger partial charge in [-0.05, 0) is 25.0 Å². The highest BCUT2D eigenvalue weighted by Gasteiger charge is 2.13. The minimum atomic E-state index is 0.280. The van der Waals surface area contributed by atoms with Crippen molar-refractivity contribution in [1.82, 2.24) is 0 Å². The van der Waals surface area contributed by atoms with Gasteiger partial charge in [0.25, 0.3) is 0 Å². The molecule has 0 saturated carbocycles. The second-order valence-electron chi connectivity index (χ2n) is 4.38. The predicted molar refractivity (Wildman–Crippen MR) is 76.0 cm³/mol. The molecule has 0 aliphatic heterocycles. The Bertz CT molecular complexity index is 556. The van der Waals surface area contributed by atoms with Gasteiger partial charge in [0.15, 0.2) is 0 Å². The van der Waals surface area contributed by atoms with Crippen LogP contribution < -0.4 is 0 Å². The van der Waals surface area contributed by atoms with E-state index in [9.17, 15) is 0 Å². The normalized spacial score (nSPS) is 10.1. The summed E-state index contributed by atoms with van der Waals surface area (Å²) in [5.74, 6) is 0. The van der Waals surface area contributed by atoms with Crippen molar-refractivity contribution in [2.24, 2.45) is 0 Å². The van der Waals surface area contributed by atoms with Crippen LogP contribution in [0.15, 0.2) is 48.5 Å². The predicted octanol–water partition coefficient (Wildman–Crippen LogP) is 3.74. The Labute approximate surface area is 107 Å². The summed E-state index contributed by atoms with van der Waals surface area (Å²) in [7, 11) is 0. The minimum absolute atomic E-state index is 0.280. The molecule has 0 radical (unpaired) electrons. The molecule has 0 fully saturated rings. The lowest BCUT2D eigenvalue weighted by molar-refractivity contribution is 1.38. The van der Waals surface area contributed by atoms with Crippen molar-refractivity contribution in [3.63, 3.8) is 0 Å². The largest absolute Gasteiger partial charge is 0.298 e. The van der Waals surface area contributed by atoms with Crippen LogP contribution in [0.1, 0.15) is 22.3 Å². The Morgan fingerprint density at radius 1 is 0.667 bits per heavy atom. The first-order chi connectivity index (χ1) is 8.61. The monoisotopic (exact) mass is 236 g/mol. The number of aryl methyl sites for hydroxylation is 2. The molecule has 0 aliphatic carbocycles. The van der Waals surface area contributed by atoms with Gasteiger partial charge in [0.2, 0.25) is 0 Å². The van der Waals surface area contributed by atoms with Gasteiger partial charge in [0.05, 0.1) is 11.4 Å². The van der Waals surface area contributed by atoms with Gasteiger partial charge in [-0.2, -0.15) is 0 Å². The van der Waals surface area contributed by atoms with E-state index in [4.69, 9.17) is 10.8 Å². The number of nitrogens with one attached hydrogen (secondary N) is 2. The van der Waals surface area contributed by atoms with Crippen LogP contribution >= 0.6 is 0 Å². The lowest BCUT2D eigenvalue weighted by Gasteiger charge is -2.11. The zero-order valence-electron chi connectivity index (χ0n) is 10.6. The molecular formula is C16H16N2. The SMILES string of the molecule is Cc1ccccc1C(=N)C(=N)c1ccccc1C. The molecule has 2 N–H and O–H groups in total. The van der Waals surface area contributed by atoms with Crippen LogP contribution in [0.5, 0.6) is 0 Å². The van der Waals surface area contributed by atoms with Crippen LogP contribution in [-0.2, 0) is 0 Å². The van der Waals surface area contributed by atoms with Crippen molar-refractivity contribution >= 4 is 11.4 Å². The highest BCUT2D eigenvalue weighted by molar-refractivity contribution is 6.51. The zero-order chi connectivity index (χ0) is 13.1. The zero-order valence-corrected chi connectivity index (χ0v) is 10.6. The molecule has 0 atom stereocenters. The summed E-state index contributed by atoms with van der Waals surface area (Å²) in [6.07, 6.45) is 0. The summed E-state index contributed by atoms with van der Waals surface area (Å²) in [5, 5.41) is 16.4. The summed E-state index contributed by atoms with van der Waals surface area (Å²) < 4.78 is 0. The van der Waals surface area contributed by atoms with Gasteiger partial charge in [-0.1, -0.05) is 48.5 Å². The minimum Gasteiger partial charge on any atom is -0.298 e. The van der Waals surface area contributed by atoms with Crippen LogP contribution in [0.2, 0.25) is 0 Å². The van der Waals surface area contributed by atoms with Crippen molar-refractivity contribution < 1.29 is 0 Å². The maximum Gasteiger partial charge on any atom is 0.0870 e. The van der Waals surface area contributed by atoms with Gasteiger partial charge < -0.3 is 0 Å². The Kier molecular flexibility index (Phi) is 3.38. The molecule has 90 valence electrons. The van der Waals surface area contributed by atoms with Crippen molar-refractivity contribution in [2.75, 3.05) is 0 Å². The van der Waals surface area contributed by atoms with Crippen molar-refractivity contribution in [3.05, 3.63) is 70.8 Å². The summed E-state index contributed by atoms with van der Waals surface area (Å²) in [6.45, 7) is 3.93. The van der Waals surface area contributed by atoms with Crippen LogP contribution in [0.4, 0.5) is 0 Å². The van der Waals surface area contributed by atoms with E-state index >= 15 is 0 Å². The van der Waals surface area contributed by atoms with E-state index in [1.807, 2.05) is 62.4 Å². The Hall–Kier alpha value is -2.22. The lowest BCUT2D eigenvalue weighted by Crippen LogP contribution is -2.16. The van der Waals surface area contributed by atoms with E-state index in [1.54, 1.807) is 0 Å². The molecule has 2 aromatic carbocycles. The smallest absolute Gasteiger partial charge is 0.0870 e. The molecule has 2 heteroatoms. The molecule has 0 heterocycles. The van der Waals surface area contributed by atoms with Gasteiger partial charge in [0, 0.05) is 11.1 Å². The fourth-order valence-corrected chi connectivity index (χ4v) is 1.98. The highest BCUT2D eigenvalue weighted by atomic mass is 14.5. The second kappa shape index (κ2) is 4.96. The molecule has 0 aromatic heterocycles. The number of hydrogen-bond acceptors (Lipinski definition) is 2. The second-order valence-corrected chi connectivity index (χ2v) is 4.38. The van der Waals surface area contributed by atoms with E-state index in [1.165, 1.54) is 0 Å². The molecular weight excluding hydrogens is 220 g/mol. The lowest BCUT2D eigenvalue weighted by atomic mass is 9.94. The van der Waals surface area contributed by atoms with Crippen LogP contribution in [0, 0.1) is 24.7 Å². The molecule has 2 rings (SSSR count). The third-order valence-electron chi connectivity index (χ3n) is 3.08. The summed E-state index contributed by atoms with van der Waals surface area (Å²) >= 11 is 0. The Morgan fingerprint density at radius 3 is 1.33 bits per heavy atom. The molecule has 0 unspecified atom stereocenters. The maximum absolute atomic E-state index is 8.19. The van der Waals surface area contributed by atoms with Crippen LogP contribution in [0.3, 0.4) is 0 Å². The van der Waals surface area contributed by atoms with E-state index in [0.717, 1.165) is 22.3 Å². The van der Waals surface area contributed by atoms with Gasteiger partial charge in [-0.25, -0.2) is 0 Å². The fourth-order valence-electron chi connectivity index (χ4n) is 1.98. The number of rotatable bonds is 3. The molecule has 0 spiro atoms. The van der Waals surface area contributed by atoms with Gasteiger partial charge in [0.1, 0.15) is 0 Å². The first kappa shape index (κ1) is 12.2. The highest BCUT2D eigenvalue weighted by Crippen LogP contribution is 2.14. The fraction of sp³-hybridized carbons (Fsp3) is 0.125. The standard InChI is InChI=1S/C16H16N2/c1-11-7-3-5-9-13(11)15(17)16(18)14-10-6-4-8-12(14)2/h3-10,17-18H,1-2H3. The molecule has 18 heavy (non-hydrogen) atoms. The topological polar surface area (TPSA) is 47.7 Å². The summed E-state index contributed by atoms with van der Waals surface area (Å²) in [4.78, 5) is 0. The van der Waals surface area contributed by atoms with E-state index < -0.39 is 0 Å². The van der Waals surface area contributed by atoms with Crippen molar-refractivity contribution in [1.29, 1.82) is 10.8 Å². The van der Waals surface area contributed by atoms with E-state index in [0.29, 0.717) is 0 Å². The third kappa shape index (κ3) is 2.23. The molecule has 0 aliphatic rings. The summed E-state index contributed by atoms with van der Waals surface area (Å²) in [6, 6.07) is 15.4. The molecule has 0 bridgehead atoms. The first-order valence-corrected chi connectivity index (χ1v) is 5.90. The average Bonchev–Trinajstić information content (AvgIpc) is 2.38. The summed E-state index contributed by atoms with van der Waals surface area (Å²) in [5.41, 5.74) is 4.27. The van der Waals surface area contributed by atoms with Crippen molar-refractivity contribution in [2.45, 2.75) is 13.8 Å². The van der Waals surface area contributed by atoms with Gasteiger partial charge in [-0.15, -0.1) is 0 Å². The van der Waals surface area contributed by atoms with Crippen LogP contribution in [-0.4, -0.2) is 11.4 Å². The number of benzene rings is 2. The van der Waals surface area contributed by atoms with Gasteiger partial charge in [-0.3, -0.25) is 10.8 Å². The average molecular weight is 236 g/mol. The maximum atomic E-state index is 8.19. The molecule has 2 nitrogen and oxygen atoms in total. The Morgan fingerprint density at radius 2 is 1.00 bits per heavy atom. The quantitative estimate of drug-likeness (QED) is 0.763. The molecule has 2 aromatic rings. The van der Waals surface area contributed by atoms with Crippen LogP contribution in [0.25, 0.3) is 0 Å². The molecule has 0 saturated heterocycles. The molecule has 0 amide bonds. The number of hydrogen-bond donors (Lipinski definition) is 2. The van der Waals surface area contributed by atoms with E-state index in [-0.39, 0.29) is 11.4 Å². The van der Waals surface area contributed by atoms with E-state index in [2.05, 4.69) is 0 Å². The third-order valence-corrected chi connectivity index (χ3v) is 3.08. The first-order valence-electron chi connectivity index (χ1n) is 5.90.